The minimum absolute atomic E-state index is 0.0599. The Labute approximate surface area is 142 Å². The largest absolute Gasteiger partial charge is 0.481 e. The molecular weight excluding hydrogens is 304 g/mol. The van der Waals surface area contributed by atoms with Crippen LogP contribution >= 0.6 is 0 Å². The summed E-state index contributed by atoms with van der Waals surface area (Å²) < 4.78 is 2.15. The van der Waals surface area contributed by atoms with Crippen LogP contribution in [0.4, 0.5) is 0 Å². The summed E-state index contributed by atoms with van der Waals surface area (Å²) in [7, 11) is 0. The number of nitrogens with zero attached hydrogens (tertiary/aromatic N) is 1. The Morgan fingerprint density at radius 2 is 1.88 bits per heavy atom. The number of rotatable bonds is 7. The zero-order valence-corrected chi connectivity index (χ0v) is 14.4. The topological polar surface area (TPSA) is 71.3 Å². The number of nitrogens with one attached hydrogen (secondary N) is 1. The molecule has 2 aromatic rings. The van der Waals surface area contributed by atoms with Crippen LogP contribution in [0.2, 0.25) is 0 Å². The van der Waals surface area contributed by atoms with Crippen molar-refractivity contribution in [1.29, 1.82) is 0 Å². The van der Waals surface area contributed by atoms with Crippen molar-refractivity contribution in [1.82, 2.24) is 9.88 Å². The molecule has 0 radical (unpaired) electrons. The number of amides is 1. The Bertz CT molecular complexity index is 720. The van der Waals surface area contributed by atoms with Crippen molar-refractivity contribution in [2.45, 2.75) is 39.7 Å². The summed E-state index contributed by atoms with van der Waals surface area (Å²) in [6.07, 6.45) is 0.491. The Hall–Kier alpha value is -2.56. The monoisotopic (exact) mass is 328 g/mol. The van der Waals surface area contributed by atoms with E-state index < -0.39 is 5.97 Å². The van der Waals surface area contributed by atoms with E-state index in [1.807, 2.05) is 38.1 Å². The lowest BCUT2D eigenvalue weighted by atomic mass is 10.1. The number of carbonyl (C=O) groups is 2. The van der Waals surface area contributed by atoms with Gasteiger partial charge in [0.15, 0.2) is 0 Å². The number of aryl methyl sites for hydroxylation is 1. The molecule has 0 aliphatic carbocycles. The first kappa shape index (κ1) is 17.8. The van der Waals surface area contributed by atoms with Gasteiger partial charge in [0.2, 0.25) is 0 Å². The molecule has 0 aliphatic heterocycles. The second-order valence-corrected chi connectivity index (χ2v) is 5.99. The summed E-state index contributed by atoms with van der Waals surface area (Å²) in [6, 6.07) is 12.2. The molecule has 1 aromatic heterocycles. The van der Waals surface area contributed by atoms with Crippen molar-refractivity contribution >= 4 is 11.9 Å². The van der Waals surface area contributed by atoms with Crippen LogP contribution in [-0.2, 0) is 4.79 Å². The zero-order valence-electron chi connectivity index (χ0n) is 14.4. The lowest BCUT2D eigenvalue weighted by Gasteiger charge is -2.19. The van der Waals surface area contributed by atoms with Crippen molar-refractivity contribution in [2.75, 3.05) is 6.54 Å². The van der Waals surface area contributed by atoms with Gasteiger partial charge in [-0.25, -0.2) is 0 Å². The summed E-state index contributed by atoms with van der Waals surface area (Å²) in [5.74, 6) is -1.00. The molecule has 1 heterocycles. The number of hydrogen-bond donors (Lipinski definition) is 2. The van der Waals surface area contributed by atoms with E-state index in [9.17, 15) is 9.59 Å². The lowest BCUT2D eigenvalue weighted by Crippen LogP contribution is -2.25. The minimum atomic E-state index is -0.848. The second-order valence-electron chi connectivity index (χ2n) is 5.99. The molecule has 1 atom stereocenters. The van der Waals surface area contributed by atoms with Gasteiger partial charge in [-0.2, -0.15) is 0 Å². The Morgan fingerprint density at radius 1 is 1.21 bits per heavy atom. The molecule has 0 bridgehead atoms. The summed E-state index contributed by atoms with van der Waals surface area (Å²) in [4.78, 5) is 22.9. The molecule has 0 aliphatic rings. The van der Waals surface area contributed by atoms with Crippen LogP contribution in [-0.4, -0.2) is 28.1 Å². The van der Waals surface area contributed by atoms with E-state index in [1.54, 1.807) is 0 Å². The minimum Gasteiger partial charge on any atom is -0.481 e. The van der Waals surface area contributed by atoms with Crippen LogP contribution in [0.5, 0.6) is 0 Å². The fourth-order valence-electron chi connectivity index (χ4n) is 3.02. The van der Waals surface area contributed by atoms with E-state index >= 15 is 0 Å². The van der Waals surface area contributed by atoms with Crippen LogP contribution in [0.25, 0.3) is 0 Å². The van der Waals surface area contributed by atoms with E-state index in [4.69, 9.17) is 5.11 Å². The molecule has 1 unspecified atom stereocenters. The molecule has 24 heavy (non-hydrogen) atoms. The number of hydrogen-bond acceptors (Lipinski definition) is 2. The van der Waals surface area contributed by atoms with Crippen LogP contribution < -0.4 is 5.32 Å². The number of carboxylic acids is 1. The molecular formula is C19H24N2O3. The molecule has 0 spiro atoms. The predicted molar refractivity (Wildman–Crippen MR) is 93.4 cm³/mol. The van der Waals surface area contributed by atoms with Crippen LogP contribution in [0, 0.1) is 13.8 Å². The van der Waals surface area contributed by atoms with Crippen molar-refractivity contribution in [3.05, 3.63) is 58.9 Å². The Balaban J connectivity index is 2.13. The highest BCUT2D eigenvalue weighted by Gasteiger charge is 2.19. The summed E-state index contributed by atoms with van der Waals surface area (Å²) in [5.41, 5.74) is 3.78. The first-order valence-electron chi connectivity index (χ1n) is 8.15. The second kappa shape index (κ2) is 7.81. The molecule has 0 saturated carbocycles. The van der Waals surface area contributed by atoms with Gasteiger partial charge >= 0.3 is 5.97 Å². The maximum atomic E-state index is 12.4. The number of aliphatic carboxylic acids is 1. The highest BCUT2D eigenvalue weighted by molar-refractivity contribution is 5.95. The van der Waals surface area contributed by atoms with Crippen molar-refractivity contribution in [2.24, 2.45) is 0 Å². The van der Waals surface area contributed by atoms with Crippen LogP contribution in [0.15, 0.2) is 36.4 Å². The lowest BCUT2D eigenvalue weighted by molar-refractivity contribution is -0.137. The summed E-state index contributed by atoms with van der Waals surface area (Å²) in [5, 5.41) is 11.4. The predicted octanol–water partition coefficient (Wildman–Crippen LogP) is 3.31. The molecule has 128 valence electrons. The average Bonchev–Trinajstić information content (AvgIpc) is 2.86. The molecule has 5 heteroatoms. The van der Waals surface area contributed by atoms with Gasteiger partial charge in [0.05, 0.1) is 11.6 Å². The molecule has 2 N–H and O–H groups in total. The van der Waals surface area contributed by atoms with Gasteiger partial charge in [0, 0.05) is 24.4 Å². The van der Waals surface area contributed by atoms with Crippen molar-refractivity contribution in [3.63, 3.8) is 0 Å². The molecule has 2 rings (SSSR count). The van der Waals surface area contributed by atoms with Crippen LogP contribution in [0.3, 0.4) is 0 Å². The molecule has 1 amide bonds. The van der Waals surface area contributed by atoms with Gasteiger partial charge in [-0.15, -0.1) is 0 Å². The van der Waals surface area contributed by atoms with Crippen molar-refractivity contribution in [3.8, 4) is 0 Å². The number of benzene rings is 1. The van der Waals surface area contributed by atoms with Gasteiger partial charge in [-0.05, 0) is 38.8 Å². The zero-order chi connectivity index (χ0) is 17.7. The maximum Gasteiger partial charge on any atom is 0.303 e. The van der Waals surface area contributed by atoms with E-state index in [-0.39, 0.29) is 18.4 Å². The van der Waals surface area contributed by atoms with Gasteiger partial charge in [0.25, 0.3) is 5.91 Å². The summed E-state index contributed by atoms with van der Waals surface area (Å²) in [6.45, 7) is 6.42. The van der Waals surface area contributed by atoms with Gasteiger partial charge in [-0.1, -0.05) is 30.3 Å². The first-order valence-corrected chi connectivity index (χ1v) is 8.15. The normalized spacial score (nSPS) is 12.0. The average molecular weight is 328 g/mol. The number of carboxylic acid groups (broad SMARTS) is 1. The molecule has 0 fully saturated rings. The summed E-state index contributed by atoms with van der Waals surface area (Å²) >= 11 is 0. The third-order valence-electron chi connectivity index (χ3n) is 4.25. The van der Waals surface area contributed by atoms with E-state index in [0.717, 1.165) is 11.4 Å². The standard InChI is InChI=1S/C19H24N2O3/c1-13-12-17(19(24)20-11-7-10-18(22)23)15(3)21(13)14(2)16-8-5-4-6-9-16/h4-6,8-9,12,14H,7,10-11H2,1-3H3,(H,20,24)(H,22,23). The van der Waals surface area contributed by atoms with Gasteiger partial charge < -0.3 is 15.0 Å². The SMILES string of the molecule is Cc1cc(C(=O)NCCCC(=O)O)c(C)n1C(C)c1ccccc1. The highest BCUT2D eigenvalue weighted by atomic mass is 16.4. The van der Waals surface area contributed by atoms with E-state index in [1.165, 1.54) is 5.56 Å². The Morgan fingerprint density at radius 3 is 2.50 bits per heavy atom. The molecule has 5 nitrogen and oxygen atoms in total. The highest BCUT2D eigenvalue weighted by Crippen LogP contribution is 2.25. The maximum absolute atomic E-state index is 12.4. The van der Waals surface area contributed by atoms with Gasteiger partial charge in [0.1, 0.15) is 0 Å². The number of aromatic nitrogens is 1. The Kier molecular flexibility index (Phi) is 5.79. The third-order valence-corrected chi connectivity index (χ3v) is 4.25. The fraction of sp³-hybridized carbons (Fsp3) is 0.368. The van der Waals surface area contributed by atoms with E-state index in [0.29, 0.717) is 18.5 Å². The van der Waals surface area contributed by atoms with Crippen LogP contribution in [0.1, 0.15) is 53.1 Å². The molecule has 0 saturated heterocycles. The third kappa shape index (κ3) is 4.04. The van der Waals surface area contributed by atoms with Gasteiger partial charge in [-0.3, -0.25) is 9.59 Å². The first-order chi connectivity index (χ1) is 11.4. The number of carbonyl (C=O) groups excluding carboxylic acids is 1. The van der Waals surface area contributed by atoms with Crippen molar-refractivity contribution < 1.29 is 14.7 Å². The smallest absolute Gasteiger partial charge is 0.303 e. The van der Waals surface area contributed by atoms with E-state index in [2.05, 4.69) is 28.9 Å². The quantitative estimate of drug-likeness (QED) is 0.766. The molecule has 1 aromatic carbocycles. The fourth-order valence-corrected chi connectivity index (χ4v) is 3.02.